The van der Waals surface area contributed by atoms with Crippen molar-refractivity contribution >= 4 is 16.8 Å². The fraction of sp³-hybridized carbons (Fsp3) is 0.0667. The van der Waals surface area contributed by atoms with Crippen LogP contribution in [-0.4, -0.2) is 10.9 Å². The van der Waals surface area contributed by atoms with Gasteiger partial charge in [0.05, 0.1) is 23.9 Å². The van der Waals surface area contributed by atoms with Crippen molar-refractivity contribution in [3.05, 3.63) is 66.2 Å². The Morgan fingerprint density at radius 3 is 2.89 bits per heavy atom. The van der Waals surface area contributed by atoms with Crippen molar-refractivity contribution in [2.24, 2.45) is 0 Å². The third kappa shape index (κ3) is 2.33. The zero-order valence-electron chi connectivity index (χ0n) is 10.2. The lowest BCUT2D eigenvalue weighted by atomic mass is 10.1. The first kappa shape index (κ1) is 11.5. The number of nitrogens with one attached hydrogen (secondary N) is 1. The molecule has 3 aromatic rings. The Labute approximate surface area is 110 Å². The third-order valence-electron chi connectivity index (χ3n) is 2.90. The second-order valence-electron chi connectivity index (χ2n) is 4.14. The predicted octanol–water partition coefficient (Wildman–Crippen LogP) is 2.76. The molecule has 0 aliphatic rings. The number of fused-ring (bicyclic) bond motifs is 1. The van der Waals surface area contributed by atoms with Crippen molar-refractivity contribution in [3.8, 4) is 0 Å². The average molecular weight is 252 g/mol. The van der Waals surface area contributed by atoms with E-state index < -0.39 is 0 Å². The van der Waals surface area contributed by atoms with Gasteiger partial charge in [0, 0.05) is 11.6 Å². The van der Waals surface area contributed by atoms with Gasteiger partial charge in [-0.05, 0) is 24.3 Å². The maximum absolute atomic E-state index is 12.2. The zero-order chi connectivity index (χ0) is 13.1. The first-order valence-electron chi connectivity index (χ1n) is 5.99. The molecule has 0 aliphatic heterocycles. The van der Waals surface area contributed by atoms with E-state index >= 15 is 0 Å². The Kier molecular flexibility index (Phi) is 2.98. The molecule has 3 rings (SSSR count). The van der Waals surface area contributed by atoms with Crippen LogP contribution in [0.25, 0.3) is 10.9 Å². The zero-order valence-corrected chi connectivity index (χ0v) is 10.2. The predicted molar refractivity (Wildman–Crippen MR) is 71.6 cm³/mol. The number of benzene rings is 1. The highest BCUT2D eigenvalue weighted by Gasteiger charge is 2.10. The van der Waals surface area contributed by atoms with Crippen LogP contribution in [0.1, 0.15) is 16.1 Å². The molecule has 1 N–H and O–H groups in total. The van der Waals surface area contributed by atoms with Gasteiger partial charge in [-0.2, -0.15) is 0 Å². The lowest BCUT2D eigenvalue weighted by Crippen LogP contribution is -2.22. The van der Waals surface area contributed by atoms with Gasteiger partial charge in [0.1, 0.15) is 5.76 Å². The molecular formula is C15H12N2O2. The normalized spacial score (nSPS) is 10.5. The Morgan fingerprint density at radius 1 is 1.16 bits per heavy atom. The lowest BCUT2D eigenvalue weighted by Gasteiger charge is -2.06. The van der Waals surface area contributed by atoms with E-state index in [9.17, 15) is 4.79 Å². The van der Waals surface area contributed by atoms with E-state index in [1.165, 1.54) is 0 Å². The van der Waals surface area contributed by atoms with Gasteiger partial charge in [-0.3, -0.25) is 9.78 Å². The van der Waals surface area contributed by atoms with Crippen molar-refractivity contribution in [2.75, 3.05) is 0 Å². The molecule has 0 aliphatic carbocycles. The summed E-state index contributed by atoms with van der Waals surface area (Å²) in [6.07, 6.45) is 3.23. The van der Waals surface area contributed by atoms with Crippen LogP contribution in [0.5, 0.6) is 0 Å². The van der Waals surface area contributed by atoms with Gasteiger partial charge < -0.3 is 9.73 Å². The summed E-state index contributed by atoms with van der Waals surface area (Å²) < 4.78 is 5.18. The highest BCUT2D eigenvalue weighted by atomic mass is 16.3. The second-order valence-corrected chi connectivity index (χ2v) is 4.14. The summed E-state index contributed by atoms with van der Waals surface area (Å²) in [5.41, 5.74) is 1.44. The minimum Gasteiger partial charge on any atom is -0.467 e. The number of furan rings is 1. The first-order chi connectivity index (χ1) is 9.34. The van der Waals surface area contributed by atoms with Crippen LogP contribution in [0, 0.1) is 0 Å². The topological polar surface area (TPSA) is 55.1 Å². The summed E-state index contributed by atoms with van der Waals surface area (Å²) in [7, 11) is 0. The van der Waals surface area contributed by atoms with E-state index in [1.807, 2.05) is 30.3 Å². The molecule has 4 nitrogen and oxygen atoms in total. The number of rotatable bonds is 3. The molecular weight excluding hydrogens is 240 g/mol. The number of carbonyl (C=O) groups excluding carboxylic acids is 1. The molecule has 19 heavy (non-hydrogen) atoms. The van der Waals surface area contributed by atoms with Gasteiger partial charge in [-0.1, -0.05) is 18.2 Å². The van der Waals surface area contributed by atoms with Crippen LogP contribution in [0.3, 0.4) is 0 Å². The Hall–Kier alpha value is -2.62. The smallest absolute Gasteiger partial charge is 0.252 e. The summed E-state index contributed by atoms with van der Waals surface area (Å²) in [5.74, 6) is 0.599. The lowest BCUT2D eigenvalue weighted by molar-refractivity contribution is 0.0949. The van der Waals surface area contributed by atoms with E-state index in [2.05, 4.69) is 10.3 Å². The van der Waals surface area contributed by atoms with Gasteiger partial charge in [-0.25, -0.2) is 0 Å². The maximum atomic E-state index is 12.2. The third-order valence-corrected chi connectivity index (χ3v) is 2.90. The summed E-state index contributed by atoms with van der Waals surface area (Å²) in [6.45, 7) is 0.377. The van der Waals surface area contributed by atoms with Crippen molar-refractivity contribution in [3.63, 3.8) is 0 Å². The molecule has 2 aromatic heterocycles. The largest absolute Gasteiger partial charge is 0.467 e. The van der Waals surface area contributed by atoms with Gasteiger partial charge in [0.25, 0.3) is 5.91 Å². The van der Waals surface area contributed by atoms with E-state index in [4.69, 9.17) is 4.42 Å². The fourth-order valence-corrected chi connectivity index (χ4v) is 1.97. The molecule has 2 heterocycles. The summed E-state index contributed by atoms with van der Waals surface area (Å²) in [5, 5.41) is 3.68. The van der Waals surface area contributed by atoms with E-state index in [-0.39, 0.29) is 5.91 Å². The quantitative estimate of drug-likeness (QED) is 0.779. The molecule has 4 heteroatoms. The molecule has 0 bridgehead atoms. The van der Waals surface area contributed by atoms with Crippen LogP contribution >= 0.6 is 0 Å². The molecule has 0 fully saturated rings. The summed E-state index contributed by atoms with van der Waals surface area (Å²) in [4.78, 5) is 16.4. The standard InChI is InChI=1S/C15H12N2O2/c18-15(17-10-11-4-3-9-19-11)13-7-8-16-14-6-2-1-5-12(13)14/h1-9H,10H2,(H,17,18). The number of aromatic nitrogens is 1. The van der Waals surface area contributed by atoms with Gasteiger partial charge in [0.15, 0.2) is 0 Å². The Morgan fingerprint density at radius 2 is 2.05 bits per heavy atom. The van der Waals surface area contributed by atoms with E-state index in [0.29, 0.717) is 12.1 Å². The number of pyridine rings is 1. The van der Waals surface area contributed by atoms with E-state index in [0.717, 1.165) is 16.7 Å². The summed E-state index contributed by atoms with van der Waals surface area (Å²) in [6, 6.07) is 12.9. The highest BCUT2D eigenvalue weighted by Crippen LogP contribution is 2.16. The van der Waals surface area contributed by atoms with Crippen molar-refractivity contribution in [2.45, 2.75) is 6.54 Å². The van der Waals surface area contributed by atoms with Crippen molar-refractivity contribution < 1.29 is 9.21 Å². The van der Waals surface area contributed by atoms with E-state index in [1.54, 1.807) is 24.6 Å². The maximum Gasteiger partial charge on any atom is 0.252 e. The Balaban J connectivity index is 1.85. The monoisotopic (exact) mass is 252 g/mol. The second kappa shape index (κ2) is 4.94. The fourth-order valence-electron chi connectivity index (χ4n) is 1.97. The Bertz CT molecular complexity index is 700. The number of carbonyl (C=O) groups is 1. The summed E-state index contributed by atoms with van der Waals surface area (Å²) >= 11 is 0. The van der Waals surface area contributed by atoms with Crippen LogP contribution < -0.4 is 5.32 Å². The van der Waals surface area contributed by atoms with Gasteiger partial charge in [-0.15, -0.1) is 0 Å². The number of para-hydroxylation sites is 1. The van der Waals surface area contributed by atoms with Crippen LogP contribution in [0.4, 0.5) is 0 Å². The molecule has 0 unspecified atom stereocenters. The number of hydrogen-bond donors (Lipinski definition) is 1. The van der Waals surface area contributed by atoms with Crippen molar-refractivity contribution in [1.29, 1.82) is 0 Å². The molecule has 0 radical (unpaired) electrons. The highest BCUT2D eigenvalue weighted by molar-refractivity contribution is 6.05. The number of amides is 1. The number of hydrogen-bond acceptors (Lipinski definition) is 3. The molecule has 0 spiro atoms. The molecule has 0 saturated heterocycles. The van der Waals surface area contributed by atoms with Gasteiger partial charge in [0.2, 0.25) is 0 Å². The SMILES string of the molecule is O=C(NCc1ccco1)c1ccnc2ccccc12. The number of nitrogens with zero attached hydrogens (tertiary/aromatic N) is 1. The average Bonchev–Trinajstić information content (AvgIpc) is 2.97. The molecule has 0 saturated carbocycles. The van der Waals surface area contributed by atoms with Crippen LogP contribution in [0.2, 0.25) is 0 Å². The molecule has 1 aromatic carbocycles. The minimum absolute atomic E-state index is 0.130. The van der Waals surface area contributed by atoms with Crippen LogP contribution in [-0.2, 0) is 6.54 Å². The van der Waals surface area contributed by atoms with Gasteiger partial charge >= 0.3 is 0 Å². The molecule has 94 valence electrons. The molecule has 0 atom stereocenters. The molecule has 1 amide bonds. The van der Waals surface area contributed by atoms with Crippen molar-refractivity contribution in [1.82, 2.24) is 10.3 Å². The van der Waals surface area contributed by atoms with Crippen LogP contribution in [0.15, 0.2) is 59.3 Å². The minimum atomic E-state index is -0.130. The first-order valence-corrected chi connectivity index (χ1v) is 5.99.